The van der Waals surface area contributed by atoms with Crippen molar-refractivity contribution in [3.8, 4) is 0 Å². The highest BCUT2D eigenvalue weighted by Crippen LogP contribution is 2.17. The van der Waals surface area contributed by atoms with Gasteiger partial charge < -0.3 is 5.11 Å². The molecule has 0 aliphatic carbocycles. The summed E-state index contributed by atoms with van der Waals surface area (Å²) < 4.78 is 0.138. The van der Waals surface area contributed by atoms with Crippen molar-refractivity contribution < 1.29 is 19.5 Å². The van der Waals surface area contributed by atoms with E-state index in [2.05, 4.69) is 15.9 Å². The Morgan fingerprint density at radius 3 is 2.22 bits per heavy atom. The van der Waals surface area contributed by atoms with Crippen LogP contribution >= 0.6 is 27.5 Å². The molecule has 18 heavy (non-hydrogen) atoms. The molecule has 0 fully saturated rings. The van der Waals surface area contributed by atoms with Crippen LogP contribution in [-0.2, 0) is 14.4 Å². The third kappa shape index (κ3) is 4.43. The zero-order valence-electron chi connectivity index (χ0n) is 9.02. The maximum atomic E-state index is 11.5. The van der Waals surface area contributed by atoms with Gasteiger partial charge in [0.05, 0.1) is 10.9 Å². The van der Waals surface area contributed by atoms with Crippen LogP contribution in [0.3, 0.4) is 0 Å². The Bertz CT molecular complexity index is 519. The first-order valence-corrected chi connectivity index (χ1v) is 5.99. The van der Waals surface area contributed by atoms with Gasteiger partial charge in [-0.15, -0.1) is 0 Å². The second-order valence-corrected chi connectivity index (χ2v) is 4.66. The first kappa shape index (κ1) is 14.6. The van der Waals surface area contributed by atoms with Crippen LogP contribution in [0.15, 0.2) is 28.7 Å². The van der Waals surface area contributed by atoms with Crippen molar-refractivity contribution >= 4 is 51.1 Å². The van der Waals surface area contributed by atoms with Gasteiger partial charge in [0.2, 0.25) is 5.78 Å². The molecule has 94 valence electrons. The number of hydrogen-bond donors (Lipinski definition) is 1. The Morgan fingerprint density at radius 2 is 1.72 bits per heavy atom. The van der Waals surface area contributed by atoms with Gasteiger partial charge in [-0.3, -0.25) is 9.59 Å². The van der Waals surface area contributed by atoms with E-state index in [-0.39, 0.29) is 4.48 Å². The molecular weight excluding hydrogens is 323 g/mol. The molecule has 0 radical (unpaired) electrons. The van der Waals surface area contributed by atoms with Gasteiger partial charge in [0.1, 0.15) is 0 Å². The van der Waals surface area contributed by atoms with E-state index in [1.54, 1.807) is 24.3 Å². The number of carboxylic acid groups (broad SMARTS) is 1. The molecule has 1 rings (SSSR count). The predicted molar refractivity (Wildman–Crippen MR) is 70.6 cm³/mol. The lowest BCUT2D eigenvalue weighted by Crippen LogP contribution is -2.16. The van der Waals surface area contributed by atoms with Gasteiger partial charge in [-0.25, -0.2) is 4.79 Å². The number of benzene rings is 1. The largest absolute Gasteiger partial charge is 0.475 e. The molecule has 0 spiro atoms. The number of aliphatic carboxylic acids is 1. The quantitative estimate of drug-likeness (QED) is 0.511. The van der Waals surface area contributed by atoms with Gasteiger partial charge in [-0.1, -0.05) is 23.7 Å². The number of carbonyl (C=O) groups excluding carboxylic acids is 2. The molecular formula is C12H8BrClO4. The van der Waals surface area contributed by atoms with Crippen molar-refractivity contribution in [2.75, 3.05) is 0 Å². The zero-order valence-corrected chi connectivity index (χ0v) is 11.4. The van der Waals surface area contributed by atoms with Gasteiger partial charge in [0.25, 0.3) is 0 Å². The van der Waals surface area contributed by atoms with Crippen LogP contribution in [0.1, 0.15) is 12.0 Å². The predicted octanol–water partition coefficient (Wildman–Crippen LogP) is 2.69. The van der Waals surface area contributed by atoms with E-state index in [0.29, 0.717) is 10.6 Å². The molecule has 0 saturated heterocycles. The Kier molecular flexibility index (Phi) is 5.25. The fraction of sp³-hybridized carbons (Fsp3) is 0.0833. The van der Waals surface area contributed by atoms with E-state index in [0.717, 1.165) is 0 Å². The van der Waals surface area contributed by atoms with Gasteiger partial charge in [0, 0.05) is 5.02 Å². The standard InChI is InChI=1S/C12H8BrClO4/c13-9(10(15)6-11(16)12(17)18)5-7-1-3-8(14)4-2-7/h1-5H,6H2,(H,17,18). The number of Topliss-reactive ketones (excluding diaryl/α,β-unsaturated/α-hetero) is 2. The lowest BCUT2D eigenvalue weighted by Gasteiger charge is -1.98. The third-order valence-corrected chi connectivity index (χ3v) is 2.91. The molecule has 0 unspecified atom stereocenters. The molecule has 0 aliphatic rings. The van der Waals surface area contributed by atoms with Crippen molar-refractivity contribution in [3.63, 3.8) is 0 Å². The molecule has 1 aromatic rings. The maximum absolute atomic E-state index is 11.5. The zero-order chi connectivity index (χ0) is 13.7. The molecule has 4 nitrogen and oxygen atoms in total. The van der Waals surface area contributed by atoms with Crippen molar-refractivity contribution in [3.05, 3.63) is 39.3 Å². The van der Waals surface area contributed by atoms with Crippen LogP contribution in [-0.4, -0.2) is 22.6 Å². The van der Waals surface area contributed by atoms with Crippen molar-refractivity contribution in [1.29, 1.82) is 0 Å². The third-order valence-electron chi connectivity index (χ3n) is 1.99. The summed E-state index contributed by atoms with van der Waals surface area (Å²) in [6, 6.07) is 6.69. The Labute approximate surface area is 116 Å². The number of halogens is 2. The Balaban J connectivity index is 2.77. The summed E-state index contributed by atoms with van der Waals surface area (Å²) in [7, 11) is 0. The summed E-state index contributed by atoms with van der Waals surface area (Å²) in [4.78, 5) is 32.7. The summed E-state index contributed by atoms with van der Waals surface area (Å²) in [6.07, 6.45) is 0.827. The van der Waals surface area contributed by atoms with Crippen LogP contribution in [0.2, 0.25) is 5.02 Å². The number of carboxylic acids is 1. The number of allylic oxidation sites excluding steroid dienone is 1. The molecule has 0 atom stereocenters. The van der Waals surface area contributed by atoms with E-state index >= 15 is 0 Å². The SMILES string of the molecule is O=C(O)C(=O)CC(=O)C(Br)=Cc1ccc(Cl)cc1. The van der Waals surface area contributed by atoms with E-state index in [9.17, 15) is 14.4 Å². The van der Waals surface area contributed by atoms with Crippen LogP contribution in [0, 0.1) is 0 Å². The van der Waals surface area contributed by atoms with E-state index in [4.69, 9.17) is 16.7 Å². The number of rotatable bonds is 5. The molecule has 6 heteroatoms. The molecule has 1 aromatic carbocycles. The number of ketones is 2. The lowest BCUT2D eigenvalue weighted by atomic mass is 10.1. The molecule has 0 amide bonds. The second kappa shape index (κ2) is 6.47. The maximum Gasteiger partial charge on any atom is 0.372 e. The summed E-state index contributed by atoms with van der Waals surface area (Å²) in [5.74, 6) is -3.34. The minimum atomic E-state index is -1.62. The first-order chi connectivity index (χ1) is 8.40. The van der Waals surface area contributed by atoms with Crippen LogP contribution in [0.4, 0.5) is 0 Å². The van der Waals surface area contributed by atoms with Crippen LogP contribution < -0.4 is 0 Å². The smallest absolute Gasteiger partial charge is 0.372 e. The van der Waals surface area contributed by atoms with Gasteiger partial charge in [0.15, 0.2) is 5.78 Å². The monoisotopic (exact) mass is 330 g/mol. The summed E-state index contributed by atoms with van der Waals surface area (Å²) in [5.41, 5.74) is 0.711. The number of hydrogen-bond acceptors (Lipinski definition) is 3. The topological polar surface area (TPSA) is 71.4 Å². The van der Waals surface area contributed by atoms with E-state index in [1.807, 2.05) is 0 Å². The average molecular weight is 332 g/mol. The normalized spacial score (nSPS) is 11.1. The fourth-order valence-corrected chi connectivity index (χ4v) is 1.62. The average Bonchev–Trinajstić information content (AvgIpc) is 2.31. The molecule has 0 bridgehead atoms. The van der Waals surface area contributed by atoms with E-state index in [1.165, 1.54) is 6.08 Å². The fourth-order valence-electron chi connectivity index (χ4n) is 1.09. The first-order valence-electron chi connectivity index (χ1n) is 4.82. The van der Waals surface area contributed by atoms with Gasteiger partial charge in [-0.05, 0) is 39.7 Å². The summed E-state index contributed by atoms with van der Waals surface area (Å²) in [5, 5.41) is 8.95. The van der Waals surface area contributed by atoms with Crippen molar-refractivity contribution in [2.24, 2.45) is 0 Å². The molecule has 0 heterocycles. The summed E-state index contributed by atoms with van der Waals surface area (Å²) in [6.45, 7) is 0. The molecule has 0 saturated carbocycles. The number of carbonyl (C=O) groups is 3. The highest BCUT2D eigenvalue weighted by molar-refractivity contribution is 9.12. The Hall–Kier alpha value is -1.46. The highest BCUT2D eigenvalue weighted by Gasteiger charge is 2.18. The van der Waals surface area contributed by atoms with E-state index < -0.39 is 24.0 Å². The van der Waals surface area contributed by atoms with Gasteiger partial charge in [-0.2, -0.15) is 0 Å². The van der Waals surface area contributed by atoms with Crippen molar-refractivity contribution in [2.45, 2.75) is 6.42 Å². The minimum absolute atomic E-state index is 0.138. The summed E-state index contributed by atoms with van der Waals surface area (Å²) >= 11 is 8.71. The lowest BCUT2D eigenvalue weighted by molar-refractivity contribution is -0.149. The highest BCUT2D eigenvalue weighted by atomic mass is 79.9. The second-order valence-electron chi connectivity index (χ2n) is 3.37. The van der Waals surface area contributed by atoms with Crippen LogP contribution in [0.25, 0.3) is 6.08 Å². The van der Waals surface area contributed by atoms with Gasteiger partial charge >= 0.3 is 5.97 Å². The molecule has 0 aromatic heterocycles. The Morgan fingerprint density at radius 1 is 1.17 bits per heavy atom. The molecule has 0 aliphatic heterocycles. The van der Waals surface area contributed by atoms with Crippen molar-refractivity contribution in [1.82, 2.24) is 0 Å². The van der Waals surface area contributed by atoms with Crippen LogP contribution in [0.5, 0.6) is 0 Å². The minimum Gasteiger partial charge on any atom is -0.475 e. The molecule has 1 N–H and O–H groups in total.